The van der Waals surface area contributed by atoms with Crippen LogP contribution in [0, 0.1) is 0 Å². The van der Waals surface area contributed by atoms with Gasteiger partial charge in [0, 0.05) is 17.2 Å². The van der Waals surface area contributed by atoms with Gasteiger partial charge in [-0.2, -0.15) is 0 Å². The number of rotatable bonds is 6. The lowest BCUT2D eigenvalue weighted by molar-refractivity contribution is 0.355. The van der Waals surface area contributed by atoms with E-state index in [1.54, 1.807) is 14.2 Å². The Morgan fingerprint density at radius 2 is 1.68 bits per heavy atom. The fourth-order valence-electron chi connectivity index (χ4n) is 2.36. The first kappa shape index (κ1) is 21.1. The molecule has 0 saturated heterocycles. The van der Waals surface area contributed by atoms with E-state index in [0.29, 0.717) is 24.0 Å². The van der Waals surface area contributed by atoms with Crippen molar-refractivity contribution in [3.8, 4) is 11.5 Å². The van der Waals surface area contributed by atoms with Crippen LogP contribution in [0.3, 0.4) is 0 Å². The summed E-state index contributed by atoms with van der Waals surface area (Å²) in [5.74, 6) is 1.68. The number of benzene rings is 2. The van der Waals surface area contributed by atoms with E-state index in [2.05, 4.69) is 36.3 Å². The second kappa shape index (κ2) is 9.50. The molecule has 136 valence electrons. The highest BCUT2D eigenvalue weighted by molar-refractivity contribution is 14.0. The van der Waals surface area contributed by atoms with Crippen LogP contribution in [0.2, 0.25) is 0 Å². The molecule has 0 unspecified atom stereocenters. The zero-order valence-corrected chi connectivity index (χ0v) is 17.4. The Balaban J connectivity index is 0.00000312. The molecule has 3 N–H and O–H groups in total. The van der Waals surface area contributed by atoms with Crippen LogP contribution >= 0.6 is 24.0 Å². The van der Waals surface area contributed by atoms with Crippen LogP contribution in [0.25, 0.3) is 0 Å². The van der Waals surface area contributed by atoms with E-state index < -0.39 is 0 Å². The van der Waals surface area contributed by atoms with Gasteiger partial charge in [0.05, 0.1) is 20.8 Å². The molecule has 0 atom stereocenters. The first-order valence-electron chi connectivity index (χ1n) is 7.81. The van der Waals surface area contributed by atoms with Gasteiger partial charge in [-0.05, 0) is 17.7 Å². The molecule has 0 spiro atoms. The Morgan fingerprint density at radius 3 is 2.28 bits per heavy atom. The van der Waals surface area contributed by atoms with Crippen molar-refractivity contribution in [2.45, 2.75) is 19.3 Å². The van der Waals surface area contributed by atoms with E-state index >= 15 is 0 Å². The van der Waals surface area contributed by atoms with Crippen LogP contribution in [-0.2, 0) is 5.41 Å². The zero-order valence-electron chi connectivity index (χ0n) is 15.1. The molecule has 2 aromatic carbocycles. The Labute approximate surface area is 166 Å². The molecule has 5 nitrogen and oxygen atoms in total. The Kier molecular flexibility index (Phi) is 8.02. The van der Waals surface area contributed by atoms with Crippen LogP contribution in [0.5, 0.6) is 11.5 Å². The quantitative estimate of drug-likeness (QED) is 0.392. The molecule has 0 aromatic heterocycles. The number of methoxy groups -OCH3 is 2. The third-order valence-corrected chi connectivity index (χ3v) is 3.86. The largest absolute Gasteiger partial charge is 0.493 e. The van der Waals surface area contributed by atoms with Crippen LogP contribution in [0.4, 0.5) is 5.69 Å². The minimum Gasteiger partial charge on any atom is -0.493 e. The minimum atomic E-state index is -0.0921. The van der Waals surface area contributed by atoms with E-state index in [-0.39, 0.29) is 29.4 Å². The highest BCUT2D eigenvalue weighted by Gasteiger charge is 2.19. The standard InChI is InChI=1S/C19H25N3O2.HI/c1-19(2,14-8-6-5-7-9-14)13-21-18(20)22-15-10-11-16(23-3)17(12-15)24-4;/h5-12H,13H2,1-4H3,(H3,20,21,22);1H. The number of nitrogens with zero attached hydrogens (tertiary/aromatic N) is 1. The number of ether oxygens (including phenoxy) is 2. The average molecular weight is 455 g/mol. The Morgan fingerprint density at radius 1 is 1.04 bits per heavy atom. The number of nitrogens with one attached hydrogen (secondary N) is 1. The minimum absolute atomic E-state index is 0. The predicted octanol–water partition coefficient (Wildman–Crippen LogP) is 4.03. The maximum atomic E-state index is 6.02. The lowest BCUT2D eigenvalue weighted by atomic mass is 9.85. The highest BCUT2D eigenvalue weighted by atomic mass is 127. The summed E-state index contributed by atoms with van der Waals surface area (Å²) in [6.45, 7) is 4.88. The number of anilines is 1. The molecular formula is C19H26IN3O2. The fraction of sp³-hybridized carbons (Fsp3) is 0.316. The summed E-state index contributed by atoms with van der Waals surface area (Å²) >= 11 is 0. The average Bonchev–Trinajstić information content (AvgIpc) is 2.60. The summed E-state index contributed by atoms with van der Waals surface area (Å²) < 4.78 is 10.5. The number of nitrogens with two attached hydrogens (primary N) is 1. The van der Waals surface area contributed by atoms with Gasteiger partial charge in [0.2, 0.25) is 0 Å². The van der Waals surface area contributed by atoms with Crippen LogP contribution in [0.15, 0.2) is 53.5 Å². The van der Waals surface area contributed by atoms with E-state index in [0.717, 1.165) is 5.69 Å². The van der Waals surface area contributed by atoms with Crippen molar-refractivity contribution in [3.63, 3.8) is 0 Å². The maximum absolute atomic E-state index is 6.02. The van der Waals surface area contributed by atoms with E-state index in [1.165, 1.54) is 5.56 Å². The number of halogens is 1. The predicted molar refractivity (Wildman–Crippen MR) is 115 cm³/mol. The second-order valence-corrected chi connectivity index (χ2v) is 6.15. The lowest BCUT2D eigenvalue weighted by Crippen LogP contribution is -2.27. The molecular weight excluding hydrogens is 429 g/mol. The van der Waals surface area contributed by atoms with Crippen LogP contribution in [0.1, 0.15) is 19.4 Å². The molecule has 25 heavy (non-hydrogen) atoms. The summed E-state index contributed by atoms with van der Waals surface area (Å²) in [5.41, 5.74) is 7.95. The van der Waals surface area contributed by atoms with Crippen LogP contribution in [-0.4, -0.2) is 26.7 Å². The van der Waals surface area contributed by atoms with E-state index in [4.69, 9.17) is 15.2 Å². The van der Waals surface area contributed by atoms with Gasteiger partial charge in [-0.1, -0.05) is 44.2 Å². The molecule has 2 aromatic rings. The van der Waals surface area contributed by atoms with Gasteiger partial charge < -0.3 is 20.5 Å². The maximum Gasteiger partial charge on any atom is 0.193 e. The lowest BCUT2D eigenvalue weighted by Gasteiger charge is -2.23. The second-order valence-electron chi connectivity index (χ2n) is 6.15. The van der Waals surface area contributed by atoms with Gasteiger partial charge in [0.15, 0.2) is 17.5 Å². The molecule has 0 radical (unpaired) electrons. The third-order valence-electron chi connectivity index (χ3n) is 3.86. The van der Waals surface area contributed by atoms with Gasteiger partial charge in [-0.3, -0.25) is 4.99 Å². The molecule has 0 aliphatic heterocycles. The summed E-state index contributed by atoms with van der Waals surface area (Å²) in [4.78, 5) is 4.48. The molecule has 0 bridgehead atoms. The Bertz CT molecular complexity index is 703. The first-order valence-corrected chi connectivity index (χ1v) is 7.81. The van der Waals surface area contributed by atoms with Crippen molar-refractivity contribution in [1.82, 2.24) is 0 Å². The molecule has 2 rings (SSSR count). The molecule has 0 aliphatic carbocycles. The van der Waals surface area contributed by atoms with Gasteiger partial charge in [0.1, 0.15) is 0 Å². The van der Waals surface area contributed by atoms with E-state index in [1.807, 2.05) is 36.4 Å². The highest BCUT2D eigenvalue weighted by Crippen LogP contribution is 2.29. The summed E-state index contributed by atoms with van der Waals surface area (Å²) in [5, 5.41) is 3.08. The SMILES string of the molecule is COc1ccc(NC(N)=NCC(C)(C)c2ccccc2)cc1OC.I. The van der Waals surface area contributed by atoms with Crippen molar-refractivity contribution >= 4 is 35.6 Å². The zero-order chi connectivity index (χ0) is 17.6. The number of guanidine groups is 1. The van der Waals surface area contributed by atoms with Crippen LogP contribution < -0.4 is 20.5 Å². The first-order chi connectivity index (χ1) is 11.5. The molecule has 0 aliphatic rings. The van der Waals surface area contributed by atoms with E-state index in [9.17, 15) is 0 Å². The smallest absolute Gasteiger partial charge is 0.193 e. The van der Waals surface area contributed by atoms with Gasteiger partial charge in [-0.25, -0.2) is 0 Å². The number of hydrogen-bond donors (Lipinski definition) is 2. The fourth-order valence-corrected chi connectivity index (χ4v) is 2.36. The van der Waals surface area contributed by atoms with Gasteiger partial charge >= 0.3 is 0 Å². The Hall–Kier alpha value is -1.96. The molecule has 0 heterocycles. The summed E-state index contributed by atoms with van der Waals surface area (Å²) in [6.07, 6.45) is 0. The monoisotopic (exact) mass is 455 g/mol. The molecule has 0 fully saturated rings. The number of hydrogen-bond acceptors (Lipinski definition) is 3. The normalized spacial score (nSPS) is 11.4. The third kappa shape index (κ3) is 5.81. The number of aliphatic imine (C=N–C) groups is 1. The summed E-state index contributed by atoms with van der Waals surface area (Å²) in [7, 11) is 3.20. The molecule has 0 saturated carbocycles. The van der Waals surface area contributed by atoms with Crippen molar-refractivity contribution in [3.05, 3.63) is 54.1 Å². The summed E-state index contributed by atoms with van der Waals surface area (Å²) in [6, 6.07) is 15.8. The van der Waals surface area contributed by atoms with Gasteiger partial charge in [-0.15, -0.1) is 24.0 Å². The molecule has 0 amide bonds. The van der Waals surface area contributed by atoms with Crippen molar-refractivity contribution in [2.75, 3.05) is 26.1 Å². The van der Waals surface area contributed by atoms with Crippen molar-refractivity contribution in [2.24, 2.45) is 10.7 Å². The van der Waals surface area contributed by atoms with Gasteiger partial charge in [0.25, 0.3) is 0 Å². The van der Waals surface area contributed by atoms with Crippen molar-refractivity contribution in [1.29, 1.82) is 0 Å². The molecule has 6 heteroatoms. The topological polar surface area (TPSA) is 68.9 Å². The van der Waals surface area contributed by atoms with Crippen molar-refractivity contribution < 1.29 is 9.47 Å².